The number of aromatic nitrogens is 3. The average molecular weight is 207 g/mol. The molecular weight excluding hydrogens is 198 g/mol. The first-order chi connectivity index (χ1) is 7.00. The van der Waals surface area contributed by atoms with Gasteiger partial charge >= 0.3 is 11.2 Å². The summed E-state index contributed by atoms with van der Waals surface area (Å²) in [6.07, 6.45) is 0. The Bertz CT molecular complexity index is 604. The Balaban J connectivity index is 3.10. The molecule has 1 aromatic carbocycles. The lowest BCUT2D eigenvalue weighted by atomic mass is 10.1. The predicted octanol–water partition coefficient (Wildman–Crippen LogP) is -0.588. The fourth-order valence-corrected chi connectivity index (χ4v) is 1.65. The van der Waals surface area contributed by atoms with Gasteiger partial charge in [-0.1, -0.05) is 6.07 Å². The monoisotopic (exact) mass is 207 g/mol. The molecule has 0 atom stereocenters. The summed E-state index contributed by atoms with van der Waals surface area (Å²) >= 11 is 0. The van der Waals surface area contributed by atoms with Gasteiger partial charge in [0.2, 0.25) is 5.52 Å². The normalized spacial score (nSPS) is 10.8. The molecule has 0 amide bonds. The summed E-state index contributed by atoms with van der Waals surface area (Å²) in [5, 5.41) is 24.7. The highest BCUT2D eigenvalue weighted by molar-refractivity contribution is 5.72. The van der Waals surface area contributed by atoms with Crippen molar-refractivity contribution in [3.63, 3.8) is 0 Å². The van der Waals surface area contributed by atoms with Crippen LogP contribution in [0.5, 0.6) is 0 Å². The summed E-state index contributed by atoms with van der Waals surface area (Å²) in [6.45, 7) is 3.50. The fourth-order valence-electron chi connectivity index (χ4n) is 1.65. The summed E-state index contributed by atoms with van der Waals surface area (Å²) in [7, 11) is 0. The highest BCUT2D eigenvalue weighted by atomic mass is 16.5. The number of benzene rings is 1. The van der Waals surface area contributed by atoms with Crippen LogP contribution >= 0.6 is 0 Å². The number of nitrogens with one attached hydrogen (secondary N) is 1. The van der Waals surface area contributed by atoms with Crippen molar-refractivity contribution < 1.29 is 9.58 Å². The molecule has 0 bridgehead atoms. The molecule has 15 heavy (non-hydrogen) atoms. The summed E-state index contributed by atoms with van der Waals surface area (Å²) in [5.74, 6) is 0. The second-order valence-corrected chi connectivity index (χ2v) is 3.46. The van der Waals surface area contributed by atoms with Crippen LogP contribution in [-0.2, 0) is 0 Å². The van der Waals surface area contributed by atoms with Crippen LogP contribution in [0.4, 0.5) is 0 Å². The van der Waals surface area contributed by atoms with Crippen molar-refractivity contribution >= 4 is 11.0 Å². The van der Waals surface area contributed by atoms with E-state index >= 15 is 0 Å². The summed E-state index contributed by atoms with van der Waals surface area (Å²) in [6, 6.07) is 3.30. The molecule has 1 N–H and O–H groups in total. The van der Waals surface area contributed by atoms with E-state index in [0.29, 0.717) is 10.4 Å². The largest absolute Gasteiger partial charge is 0.707 e. The third kappa shape index (κ3) is 1.30. The maximum Gasteiger partial charge on any atom is 0.554 e. The van der Waals surface area contributed by atoms with Gasteiger partial charge in [0, 0.05) is 21.6 Å². The first-order valence-electron chi connectivity index (χ1n) is 4.37. The second kappa shape index (κ2) is 2.94. The van der Waals surface area contributed by atoms with E-state index in [4.69, 9.17) is 0 Å². The smallest absolute Gasteiger partial charge is 0.554 e. The average Bonchev–Trinajstić information content (AvgIpc) is 2.13. The number of nitrogens with zero attached hydrogens (tertiary/aromatic N) is 2. The zero-order valence-electron chi connectivity index (χ0n) is 8.27. The van der Waals surface area contributed by atoms with Crippen LogP contribution < -0.4 is 15.3 Å². The van der Waals surface area contributed by atoms with E-state index in [0.717, 1.165) is 5.56 Å². The zero-order valence-corrected chi connectivity index (χ0v) is 8.27. The molecule has 0 fully saturated rings. The molecule has 6 heteroatoms. The maximum absolute atomic E-state index is 11.4. The van der Waals surface area contributed by atoms with Crippen molar-refractivity contribution in [1.29, 1.82) is 0 Å². The Morgan fingerprint density at radius 2 is 1.93 bits per heavy atom. The molecule has 0 spiro atoms. The van der Waals surface area contributed by atoms with Gasteiger partial charge in [0.05, 0.1) is 0 Å². The Kier molecular flexibility index (Phi) is 1.85. The number of rotatable bonds is 0. The van der Waals surface area contributed by atoms with Crippen LogP contribution in [0.1, 0.15) is 11.1 Å². The molecule has 0 aliphatic heterocycles. The molecule has 0 unspecified atom stereocenters. The lowest BCUT2D eigenvalue weighted by Crippen LogP contribution is -2.55. The molecule has 1 heterocycles. The number of hydrogen-bond donors (Lipinski definition) is 1. The number of aryl methyl sites for hydroxylation is 2. The van der Waals surface area contributed by atoms with Gasteiger partial charge in [-0.25, -0.2) is 0 Å². The second-order valence-electron chi connectivity index (χ2n) is 3.46. The Labute approximate surface area is 84.5 Å². The maximum atomic E-state index is 11.4. The Morgan fingerprint density at radius 1 is 1.27 bits per heavy atom. The number of aromatic amines is 1. The highest BCUT2D eigenvalue weighted by Gasteiger charge is 2.17. The predicted molar refractivity (Wildman–Crippen MR) is 52.0 cm³/mol. The first kappa shape index (κ1) is 9.45. The number of H-pyrrole nitrogens is 1. The van der Waals surface area contributed by atoms with Crippen molar-refractivity contribution in [3.05, 3.63) is 44.2 Å². The SMILES string of the molecule is Cc1cc(C)c2c(c1)[n+]([O-])[nH]c(=O)[n+]2[O-]. The molecule has 1 aromatic heterocycles. The van der Waals surface area contributed by atoms with Gasteiger partial charge in [0.15, 0.2) is 0 Å². The quantitative estimate of drug-likeness (QED) is 0.462. The molecule has 0 saturated heterocycles. The molecule has 78 valence electrons. The standard InChI is InChI=1S/C9H9N3O3/c1-5-3-6(2)8-7(4-5)12(15)10-9(13)11(8)14/h3-4H,1-2H3,(H,10,13). The van der Waals surface area contributed by atoms with Gasteiger partial charge in [-0.05, 0) is 19.4 Å². The lowest BCUT2D eigenvalue weighted by Gasteiger charge is -2.06. The van der Waals surface area contributed by atoms with Crippen molar-refractivity contribution in [2.75, 3.05) is 0 Å². The molecule has 2 aromatic rings. The van der Waals surface area contributed by atoms with Crippen molar-refractivity contribution in [2.45, 2.75) is 13.8 Å². The van der Waals surface area contributed by atoms with Gasteiger partial charge in [0.1, 0.15) is 0 Å². The minimum Gasteiger partial charge on any atom is -0.707 e. The zero-order chi connectivity index (χ0) is 11.2. The van der Waals surface area contributed by atoms with Crippen LogP contribution in [-0.4, -0.2) is 5.10 Å². The van der Waals surface area contributed by atoms with Crippen LogP contribution in [0.15, 0.2) is 16.9 Å². The molecule has 0 saturated carbocycles. The molecule has 0 aliphatic rings. The molecule has 0 aliphatic carbocycles. The topological polar surface area (TPSA) is 86.7 Å². The van der Waals surface area contributed by atoms with Crippen molar-refractivity contribution in [1.82, 2.24) is 5.10 Å². The van der Waals surface area contributed by atoms with Gasteiger partial charge < -0.3 is 10.4 Å². The van der Waals surface area contributed by atoms with E-state index in [1.54, 1.807) is 19.1 Å². The number of hydrogen-bond acceptors (Lipinski definition) is 3. The molecule has 0 radical (unpaired) electrons. The third-order valence-corrected chi connectivity index (χ3v) is 2.23. The third-order valence-electron chi connectivity index (χ3n) is 2.23. The van der Waals surface area contributed by atoms with Gasteiger partial charge in [0.25, 0.3) is 0 Å². The van der Waals surface area contributed by atoms with Crippen LogP contribution in [0, 0.1) is 24.3 Å². The van der Waals surface area contributed by atoms with E-state index in [1.165, 1.54) is 0 Å². The minimum atomic E-state index is -0.968. The van der Waals surface area contributed by atoms with E-state index in [9.17, 15) is 15.2 Å². The van der Waals surface area contributed by atoms with Gasteiger partial charge in [-0.3, -0.25) is 0 Å². The van der Waals surface area contributed by atoms with Gasteiger partial charge in [-0.2, -0.15) is 9.52 Å². The van der Waals surface area contributed by atoms with Crippen LogP contribution in [0.2, 0.25) is 0 Å². The van der Waals surface area contributed by atoms with Crippen LogP contribution in [0.25, 0.3) is 11.0 Å². The van der Waals surface area contributed by atoms with E-state index in [-0.39, 0.29) is 15.8 Å². The minimum absolute atomic E-state index is 0.111. The lowest BCUT2D eigenvalue weighted by molar-refractivity contribution is -0.689. The van der Waals surface area contributed by atoms with E-state index in [2.05, 4.69) is 0 Å². The summed E-state index contributed by atoms with van der Waals surface area (Å²) < 4.78 is 0.193. The first-order valence-corrected chi connectivity index (χ1v) is 4.37. The van der Waals surface area contributed by atoms with Crippen molar-refractivity contribution in [2.24, 2.45) is 0 Å². The van der Waals surface area contributed by atoms with Gasteiger partial charge in [-0.15, -0.1) is 0 Å². The summed E-state index contributed by atoms with van der Waals surface area (Å²) in [4.78, 5) is 11.4. The Hall–Kier alpha value is -2.11. The van der Waals surface area contributed by atoms with Crippen LogP contribution in [0.3, 0.4) is 0 Å². The highest BCUT2D eigenvalue weighted by Crippen LogP contribution is 2.12. The molecular formula is C9H9N3O3. The summed E-state index contributed by atoms with van der Waals surface area (Å²) in [5.41, 5.74) is 0.776. The van der Waals surface area contributed by atoms with E-state index in [1.807, 2.05) is 12.0 Å². The molecule has 6 nitrogen and oxygen atoms in total. The van der Waals surface area contributed by atoms with E-state index < -0.39 is 5.69 Å². The number of fused-ring (bicyclic) bond motifs is 1. The van der Waals surface area contributed by atoms with Crippen molar-refractivity contribution in [3.8, 4) is 0 Å². The fraction of sp³-hybridized carbons (Fsp3) is 0.222. The Morgan fingerprint density at radius 3 is 2.60 bits per heavy atom. The molecule has 2 rings (SSSR count).